The van der Waals surface area contributed by atoms with Crippen LogP contribution in [0.4, 0.5) is 0 Å². The second kappa shape index (κ2) is 8.87. The van der Waals surface area contributed by atoms with Crippen molar-refractivity contribution >= 4 is 11.9 Å². The lowest BCUT2D eigenvalue weighted by molar-refractivity contribution is -0.137. The van der Waals surface area contributed by atoms with Crippen molar-refractivity contribution in [1.82, 2.24) is 5.32 Å². The summed E-state index contributed by atoms with van der Waals surface area (Å²) in [6.07, 6.45) is 0.725. The summed E-state index contributed by atoms with van der Waals surface area (Å²) in [6, 6.07) is 13.7. The lowest BCUT2D eigenvalue weighted by Gasteiger charge is -2.18. The highest BCUT2D eigenvalue weighted by molar-refractivity contribution is 5.94. The molecule has 0 spiro atoms. The first-order valence-corrected chi connectivity index (χ1v) is 8.31. The van der Waals surface area contributed by atoms with Crippen molar-refractivity contribution in [3.8, 4) is 5.75 Å². The predicted molar refractivity (Wildman–Crippen MR) is 95.9 cm³/mol. The van der Waals surface area contributed by atoms with E-state index >= 15 is 0 Å². The Morgan fingerprint density at radius 1 is 1.16 bits per heavy atom. The second-order valence-corrected chi connectivity index (χ2v) is 5.91. The smallest absolute Gasteiger partial charge is 0.305 e. The normalized spacial score (nSPS) is 11.6. The summed E-state index contributed by atoms with van der Waals surface area (Å²) in [6.45, 7) is 4.56. The third-order valence-electron chi connectivity index (χ3n) is 3.72. The van der Waals surface area contributed by atoms with Gasteiger partial charge < -0.3 is 15.2 Å². The Kier molecular flexibility index (Phi) is 6.57. The van der Waals surface area contributed by atoms with Crippen LogP contribution in [0.25, 0.3) is 0 Å². The topological polar surface area (TPSA) is 75.6 Å². The maximum absolute atomic E-state index is 12.4. The number of carbonyl (C=O) groups excluding carboxylic acids is 1. The number of aliphatic carboxylic acids is 1. The average molecular weight is 341 g/mol. The Morgan fingerprint density at radius 3 is 2.48 bits per heavy atom. The molecule has 0 aliphatic carbocycles. The zero-order valence-corrected chi connectivity index (χ0v) is 14.5. The van der Waals surface area contributed by atoms with Gasteiger partial charge in [-0.2, -0.15) is 0 Å². The van der Waals surface area contributed by atoms with Crippen molar-refractivity contribution in [3.63, 3.8) is 0 Å². The number of benzene rings is 2. The van der Waals surface area contributed by atoms with E-state index in [1.807, 2.05) is 19.9 Å². The van der Waals surface area contributed by atoms with E-state index in [1.165, 1.54) is 0 Å². The summed E-state index contributed by atoms with van der Waals surface area (Å²) >= 11 is 0. The van der Waals surface area contributed by atoms with E-state index in [1.54, 1.807) is 42.5 Å². The summed E-state index contributed by atoms with van der Waals surface area (Å²) < 4.78 is 5.53. The number of aryl methyl sites for hydroxylation is 1. The van der Waals surface area contributed by atoms with Crippen LogP contribution in [0.2, 0.25) is 0 Å². The third-order valence-corrected chi connectivity index (χ3v) is 3.72. The fourth-order valence-corrected chi connectivity index (χ4v) is 2.47. The summed E-state index contributed by atoms with van der Waals surface area (Å²) in [7, 11) is 0. The van der Waals surface area contributed by atoms with Gasteiger partial charge in [-0.05, 0) is 43.2 Å². The number of carboxylic acids is 1. The second-order valence-electron chi connectivity index (χ2n) is 5.91. The minimum absolute atomic E-state index is 0.188. The molecule has 2 N–H and O–H groups in total. The largest absolute Gasteiger partial charge is 0.494 e. The van der Waals surface area contributed by atoms with Gasteiger partial charge in [-0.1, -0.05) is 36.8 Å². The van der Waals surface area contributed by atoms with E-state index in [0.29, 0.717) is 12.2 Å². The number of ether oxygens (including phenoxy) is 1. The maximum atomic E-state index is 12.4. The lowest BCUT2D eigenvalue weighted by atomic mass is 10.0. The molecule has 0 bridgehead atoms. The minimum atomic E-state index is -0.971. The number of carbonyl (C=O) groups is 2. The fourth-order valence-electron chi connectivity index (χ4n) is 2.47. The predicted octanol–water partition coefficient (Wildman–Crippen LogP) is 3.73. The first-order valence-electron chi connectivity index (χ1n) is 8.31. The van der Waals surface area contributed by atoms with Gasteiger partial charge in [-0.25, -0.2) is 0 Å². The van der Waals surface area contributed by atoms with Gasteiger partial charge in [0.05, 0.1) is 19.1 Å². The monoisotopic (exact) mass is 341 g/mol. The summed E-state index contributed by atoms with van der Waals surface area (Å²) in [5.74, 6) is -0.535. The molecule has 5 heteroatoms. The van der Waals surface area contributed by atoms with Crippen LogP contribution >= 0.6 is 0 Å². The van der Waals surface area contributed by atoms with Crippen LogP contribution in [-0.2, 0) is 4.79 Å². The van der Waals surface area contributed by atoms with Crippen molar-refractivity contribution in [1.29, 1.82) is 0 Å². The van der Waals surface area contributed by atoms with Crippen molar-refractivity contribution < 1.29 is 19.4 Å². The number of carboxylic acid groups (broad SMARTS) is 1. The van der Waals surface area contributed by atoms with Gasteiger partial charge in [0.1, 0.15) is 5.75 Å². The standard InChI is InChI=1S/C20H23NO4/c1-3-11-25-17-9-7-15(8-10-17)18(13-19(22)23)21-20(24)16-6-4-5-14(2)12-16/h4-10,12,18H,3,11,13H2,1-2H3,(H,21,24)(H,22,23). The van der Waals surface area contributed by atoms with Crippen LogP contribution in [-0.4, -0.2) is 23.6 Å². The molecule has 0 radical (unpaired) electrons. The zero-order chi connectivity index (χ0) is 18.2. The van der Waals surface area contributed by atoms with Crippen LogP contribution in [0.5, 0.6) is 5.75 Å². The van der Waals surface area contributed by atoms with E-state index in [9.17, 15) is 9.59 Å². The molecular weight excluding hydrogens is 318 g/mol. The van der Waals surface area contributed by atoms with Gasteiger partial charge in [0.15, 0.2) is 0 Å². The molecule has 0 aliphatic rings. The fraction of sp³-hybridized carbons (Fsp3) is 0.300. The van der Waals surface area contributed by atoms with Crippen LogP contribution in [0.15, 0.2) is 48.5 Å². The van der Waals surface area contributed by atoms with Crippen molar-refractivity contribution in [2.75, 3.05) is 6.61 Å². The van der Waals surface area contributed by atoms with Gasteiger partial charge in [0.25, 0.3) is 5.91 Å². The van der Waals surface area contributed by atoms with Crippen LogP contribution in [0.1, 0.15) is 47.3 Å². The van der Waals surface area contributed by atoms with Gasteiger partial charge in [0.2, 0.25) is 0 Å². The molecule has 2 aromatic carbocycles. The Morgan fingerprint density at radius 2 is 1.88 bits per heavy atom. The summed E-state index contributed by atoms with van der Waals surface area (Å²) in [4.78, 5) is 23.6. The molecule has 0 saturated heterocycles. The lowest BCUT2D eigenvalue weighted by Crippen LogP contribution is -2.30. The summed E-state index contributed by atoms with van der Waals surface area (Å²) in [5, 5.41) is 12.0. The van der Waals surface area contributed by atoms with Crippen LogP contribution in [0, 0.1) is 6.92 Å². The molecule has 25 heavy (non-hydrogen) atoms. The molecule has 1 amide bonds. The first kappa shape index (κ1) is 18.5. The minimum Gasteiger partial charge on any atom is -0.494 e. The Balaban J connectivity index is 2.15. The summed E-state index contributed by atoms with van der Waals surface area (Å²) in [5.41, 5.74) is 2.21. The molecular formula is C20H23NO4. The molecule has 1 unspecified atom stereocenters. The van der Waals surface area contributed by atoms with E-state index in [0.717, 1.165) is 23.3 Å². The highest BCUT2D eigenvalue weighted by atomic mass is 16.5. The maximum Gasteiger partial charge on any atom is 0.305 e. The molecule has 2 rings (SSSR count). The Labute approximate surface area is 147 Å². The Bertz CT molecular complexity index is 725. The van der Waals surface area contributed by atoms with E-state index in [4.69, 9.17) is 9.84 Å². The van der Waals surface area contributed by atoms with Crippen molar-refractivity contribution in [2.45, 2.75) is 32.7 Å². The molecule has 0 fully saturated rings. The number of hydrogen-bond donors (Lipinski definition) is 2. The van der Waals surface area contributed by atoms with Crippen LogP contribution < -0.4 is 10.1 Å². The van der Waals surface area contributed by atoms with E-state index in [2.05, 4.69) is 5.32 Å². The number of nitrogens with one attached hydrogen (secondary N) is 1. The van der Waals surface area contributed by atoms with Gasteiger partial charge >= 0.3 is 5.97 Å². The molecule has 0 aromatic heterocycles. The van der Waals surface area contributed by atoms with E-state index < -0.39 is 12.0 Å². The molecule has 2 aromatic rings. The SMILES string of the molecule is CCCOc1ccc(C(CC(=O)O)NC(=O)c2cccc(C)c2)cc1. The highest BCUT2D eigenvalue weighted by Crippen LogP contribution is 2.21. The molecule has 0 heterocycles. The molecule has 0 aliphatic heterocycles. The van der Waals surface area contributed by atoms with Gasteiger partial charge in [-0.3, -0.25) is 9.59 Å². The van der Waals surface area contributed by atoms with E-state index in [-0.39, 0.29) is 12.3 Å². The number of amides is 1. The molecule has 5 nitrogen and oxygen atoms in total. The zero-order valence-electron chi connectivity index (χ0n) is 14.5. The number of hydrogen-bond acceptors (Lipinski definition) is 3. The van der Waals surface area contributed by atoms with Gasteiger partial charge in [0, 0.05) is 5.56 Å². The van der Waals surface area contributed by atoms with Crippen LogP contribution in [0.3, 0.4) is 0 Å². The molecule has 132 valence electrons. The van der Waals surface area contributed by atoms with Crippen molar-refractivity contribution in [3.05, 3.63) is 65.2 Å². The van der Waals surface area contributed by atoms with Gasteiger partial charge in [-0.15, -0.1) is 0 Å². The van der Waals surface area contributed by atoms with Crippen molar-refractivity contribution in [2.24, 2.45) is 0 Å². The molecule has 0 saturated carbocycles. The average Bonchev–Trinajstić information content (AvgIpc) is 2.59. The Hall–Kier alpha value is -2.82. The third kappa shape index (κ3) is 5.64. The highest BCUT2D eigenvalue weighted by Gasteiger charge is 2.19. The quantitative estimate of drug-likeness (QED) is 0.767. The number of rotatable bonds is 8. The molecule has 1 atom stereocenters. The first-order chi connectivity index (χ1) is 12.0.